The first-order valence-corrected chi connectivity index (χ1v) is 7.54. The number of benzene rings is 1. The lowest BCUT2D eigenvalue weighted by Gasteiger charge is -2.24. The zero-order valence-electron chi connectivity index (χ0n) is 11.8. The number of fused-ring (bicyclic) bond motifs is 1. The molecule has 3 rings (SSSR count). The van der Waals surface area contributed by atoms with Gasteiger partial charge in [0, 0.05) is 6.04 Å². The van der Waals surface area contributed by atoms with Gasteiger partial charge in [-0.05, 0) is 37.3 Å². The van der Waals surface area contributed by atoms with Crippen LogP contribution in [0.1, 0.15) is 42.5 Å². The predicted molar refractivity (Wildman–Crippen MR) is 79.3 cm³/mol. The van der Waals surface area contributed by atoms with Crippen molar-refractivity contribution in [2.75, 3.05) is 5.32 Å². The number of para-hydroxylation sites is 1. The Morgan fingerprint density at radius 2 is 1.95 bits per heavy atom. The number of anilines is 1. The van der Waals surface area contributed by atoms with E-state index in [2.05, 4.69) is 10.6 Å². The van der Waals surface area contributed by atoms with E-state index in [4.69, 9.17) is 5.11 Å². The smallest absolute Gasteiger partial charge is 0.337 e. The highest BCUT2D eigenvalue weighted by molar-refractivity contribution is 6.02. The summed E-state index contributed by atoms with van der Waals surface area (Å²) in [7, 11) is 0. The molecule has 1 aliphatic heterocycles. The predicted octanol–water partition coefficient (Wildman–Crippen LogP) is 2.24. The van der Waals surface area contributed by atoms with E-state index in [0.717, 1.165) is 12.8 Å². The lowest BCUT2D eigenvalue weighted by atomic mass is 9.85. The number of carbonyl (C=O) groups excluding carboxylic acids is 1. The normalized spacial score (nSPS) is 27.9. The van der Waals surface area contributed by atoms with Crippen molar-refractivity contribution in [3.8, 4) is 0 Å². The molecule has 2 fully saturated rings. The van der Waals surface area contributed by atoms with Gasteiger partial charge in [0.1, 0.15) is 0 Å². The highest BCUT2D eigenvalue weighted by Gasteiger charge is 2.38. The average Bonchev–Trinajstić information content (AvgIpc) is 2.91. The molecule has 1 amide bonds. The van der Waals surface area contributed by atoms with Gasteiger partial charge in [-0.3, -0.25) is 4.79 Å². The summed E-state index contributed by atoms with van der Waals surface area (Å²) in [5.74, 6) is -0.568. The number of amides is 1. The van der Waals surface area contributed by atoms with Crippen LogP contribution in [0, 0.1) is 5.92 Å². The van der Waals surface area contributed by atoms with Crippen LogP contribution in [0.5, 0.6) is 0 Å². The molecule has 1 saturated carbocycles. The van der Waals surface area contributed by atoms with Crippen LogP contribution in [0.15, 0.2) is 24.3 Å². The molecule has 3 unspecified atom stereocenters. The summed E-state index contributed by atoms with van der Waals surface area (Å²) >= 11 is 0. The van der Waals surface area contributed by atoms with Gasteiger partial charge >= 0.3 is 5.97 Å². The first kappa shape index (κ1) is 14.1. The van der Waals surface area contributed by atoms with Crippen molar-refractivity contribution in [2.24, 2.45) is 5.92 Å². The molecule has 0 aromatic heterocycles. The standard InChI is InChI=1S/C16H20N2O3/c19-15(14-9-10-5-1-3-7-12(10)17-14)18-13-8-4-2-6-11(13)16(20)21/h2,4,6,8,10,12,14,17H,1,3,5,7,9H2,(H,18,19)(H,20,21). The number of rotatable bonds is 3. The Kier molecular flexibility index (Phi) is 3.92. The van der Waals surface area contributed by atoms with Crippen LogP contribution in [0.25, 0.3) is 0 Å². The van der Waals surface area contributed by atoms with Crippen LogP contribution in [0.3, 0.4) is 0 Å². The molecule has 0 spiro atoms. The van der Waals surface area contributed by atoms with Crippen molar-refractivity contribution in [3.05, 3.63) is 29.8 Å². The van der Waals surface area contributed by atoms with Gasteiger partial charge in [-0.25, -0.2) is 4.79 Å². The Labute approximate surface area is 123 Å². The number of hydrogen-bond acceptors (Lipinski definition) is 3. The fourth-order valence-electron chi connectivity index (χ4n) is 3.52. The molecule has 21 heavy (non-hydrogen) atoms. The summed E-state index contributed by atoms with van der Waals surface area (Å²) in [6.07, 6.45) is 5.66. The Hall–Kier alpha value is -1.88. The van der Waals surface area contributed by atoms with Crippen LogP contribution in [0.2, 0.25) is 0 Å². The fraction of sp³-hybridized carbons (Fsp3) is 0.500. The maximum absolute atomic E-state index is 12.4. The molecule has 1 aromatic rings. The maximum atomic E-state index is 12.4. The molecule has 1 saturated heterocycles. The van der Waals surface area contributed by atoms with E-state index in [1.54, 1.807) is 18.2 Å². The molecule has 3 atom stereocenters. The number of carbonyl (C=O) groups is 2. The Balaban J connectivity index is 1.68. The highest BCUT2D eigenvalue weighted by atomic mass is 16.4. The van der Waals surface area contributed by atoms with Crippen molar-refractivity contribution in [3.63, 3.8) is 0 Å². The van der Waals surface area contributed by atoms with Crippen LogP contribution < -0.4 is 10.6 Å². The van der Waals surface area contributed by atoms with Crippen molar-refractivity contribution in [1.29, 1.82) is 0 Å². The molecule has 1 heterocycles. The summed E-state index contributed by atoms with van der Waals surface area (Å²) in [6.45, 7) is 0. The minimum Gasteiger partial charge on any atom is -0.478 e. The fourth-order valence-corrected chi connectivity index (χ4v) is 3.52. The lowest BCUT2D eigenvalue weighted by Crippen LogP contribution is -2.40. The number of nitrogens with one attached hydrogen (secondary N) is 2. The summed E-state index contributed by atoms with van der Waals surface area (Å²) in [6, 6.07) is 6.75. The van der Waals surface area contributed by atoms with Crippen molar-refractivity contribution in [2.45, 2.75) is 44.2 Å². The van der Waals surface area contributed by atoms with E-state index >= 15 is 0 Å². The van der Waals surface area contributed by atoms with Gasteiger partial charge in [0.25, 0.3) is 0 Å². The molecule has 2 aliphatic rings. The van der Waals surface area contributed by atoms with Gasteiger partial charge in [0.15, 0.2) is 0 Å². The molecular weight excluding hydrogens is 268 g/mol. The van der Waals surface area contributed by atoms with E-state index < -0.39 is 5.97 Å². The van der Waals surface area contributed by atoms with Crippen molar-refractivity contribution in [1.82, 2.24) is 5.32 Å². The first-order valence-electron chi connectivity index (χ1n) is 7.54. The van der Waals surface area contributed by atoms with Gasteiger partial charge < -0.3 is 15.7 Å². The monoisotopic (exact) mass is 288 g/mol. The van der Waals surface area contributed by atoms with Gasteiger partial charge in [-0.15, -0.1) is 0 Å². The minimum atomic E-state index is -1.03. The Morgan fingerprint density at radius 1 is 1.19 bits per heavy atom. The maximum Gasteiger partial charge on any atom is 0.337 e. The summed E-state index contributed by atoms with van der Waals surface area (Å²) in [4.78, 5) is 23.5. The zero-order valence-corrected chi connectivity index (χ0v) is 11.8. The van der Waals surface area contributed by atoms with Gasteiger partial charge in [0.2, 0.25) is 5.91 Å². The zero-order chi connectivity index (χ0) is 14.8. The second-order valence-corrected chi connectivity index (χ2v) is 5.95. The van der Waals surface area contributed by atoms with Gasteiger partial charge in [0.05, 0.1) is 17.3 Å². The van der Waals surface area contributed by atoms with E-state index in [9.17, 15) is 9.59 Å². The van der Waals surface area contributed by atoms with Crippen LogP contribution in [-0.2, 0) is 4.79 Å². The average molecular weight is 288 g/mol. The largest absolute Gasteiger partial charge is 0.478 e. The summed E-state index contributed by atoms with van der Waals surface area (Å²) in [5.41, 5.74) is 0.493. The molecule has 0 bridgehead atoms. The van der Waals surface area contributed by atoms with Crippen molar-refractivity contribution < 1.29 is 14.7 Å². The quantitative estimate of drug-likeness (QED) is 0.797. The van der Waals surface area contributed by atoms with E-state index in [1.807, 2.05) is 0 Å². The highest BCUT2D eigenvalue weighted by Crippen LogP contribution is 2.33. The topological polar surface area (TPSA) is 78.4 Å². The number of hydrogen-bond donors (Lipinski definition) is 3. The van der Waals surface area contributed by atoms with E-state index in [0.29, 0.717) is 17.6 Å². The Morgan fingerprint density at radius 3 is 2.71 bits per heavy atom. The lowest BCUT2D eigenvalue weighted by molar-refractivity contribution is -0.117. The second kappa shape index (κ2) is 5.85. The molecular formula is C16H20N2O3. The van der Waals surface area contributed by atoms with Crippen molar-refractivity contribution >= 4 is 17.6 Å². The molecule has 0 radical (unpaired) electrons. The van der Waals surface area contributed by atoms with Crippen LogP contribution in [-0.4, -0.2) is 29.1 Å². The molecule has 1 aliphatic carbocycles. The minimum absolute atomic E-state index is 0.126. The second-order valence-electron chi connectivity index (χ2n) is 5.95. The molecule has 3 N–H and O–H groups in total. The Bertz CT molecular complexity index is 544. The molecule has 112 valence electrons. The summed E-state index contributed by atoms with van der Waals surface area (Å²) < 4.78 is 0. The third kappa shape index (κ3) is 2.93. The van der Waals surface area contributed by atoms with Gasteiger partial charge in [-0.1, -0.05) is 25.0 Å². The SMILES string of the molecule is O=C(O)c1ccccc1NC(=O)C1CC2CCCCC2N1. The first-order chi connectivity index (χ1) is 10.1. The molecule has 1 aromatic carbocycles. The van der Waals surface area contributed by atoms with E-state index in [-0.39, 0.29) is 17.5 Å². The summed E-state index contributed by atoms with van der Waals surface area (Å²) in [5, 5.41) is 15.3. The molecule has 5 nitrogen and oxygen atoms in total. The number of aromatic carboxylic acids is 1. The van der Waals surface area contributed by atoms with Crippen LogP contribution >= 0.6 is 0 Å². The number of carboxylic acids is 1. The number of carboxylic acid groups (broad SMARTS) is 1. The molecule has 5 heteroatoms. The third-order valence-corrected chi connectivity index (χ3v) is 4.59. The van der Waals surface area contributed by atoms with Gasteiger partial charge in [-0.2, -0.15) is 0 Å². The third-order valence-electron chi connectivity index (χ3n) is 4.59. The van der Waals surface area contributed by atoms with Crippen LogP contribution in [0.4, 0.5) is 5.69 Å². The van der Waals surface area contributed by atoms with E-state index in [1.165, 1.54) is 25.3 Å².